The van der Waals surface area contributed by atoms with Crippen molar-refractivity contribution >= 4 is 16.1 Å². The first kappa shape index (κ1) is 12.3. The Morgan fingerprint density at radius 3 is 2.00 bits per heavy atom. The minimum Gasteiger partial charge on any atom is -0.480 e. The van der Waals surface area contributed by atoms with Gasteiger partial charge in [-0.1, -0.05) is 6.92 Å². The molecule has 0 aromatic heterocycles. The lowest BCUT2D eigenvalue weighted by molar-refractivity contribution is -0.139. The van der Waals surface area contributed by atoms with E-state index in [1.165, 1.54) is 13.8 Å². The topological polar surface area (TPSA) is 118 Å². The van der Waals surface area contributed by atoms with Gasteiger partial charge in [0.05, 0.1) is 5.25 Å². The Balaban J connectivity index is 4.62. The molecule has 0 aromatic carbocycles. The van der Waals surface area contributed by atoms with Crippen molar-refractivity contribution in [1.29, 1.82) is 0 Å². The summed E-state index contributed by atoms with van der Waals surface area (Å²) in [6.45, 7) is 2.57. The fraction of sp³-hybridized carbons (Fsp3) is 0.833. The summed E-state index contributed by atoms with van der Waals surface area (Å²) in [4.78, 5) is 10.4. The molecule has 0 amide bonds. The van der Waals surface area contributed by atoms with Crippen molar-refractivity contribution in [3.05, 3.63) is 0 Å². The second kappa shape index (κ2) is 4.03. The van der Waals surface area contributed by atoms with Crippen LogP contribution in [0.25, 0.3) is 0 Å². The number of nitrogens with two attached hydrogens (primary N) is 1. The maximum atomic E-state index is 10.6. The van der Waals surface area contributed by atoms with E-state index in [2.05, 4.69) is 0 Å². The van der Waals surface area contributed by atoms with Gasteiger partial charge in [0, 0.05) is 5.92 Å². The van der Waals surface area contributed by atoms with Crippen molar-refractivity contribution in [3.63, 3.8) is 0 Å². The summed E-state index contributed by atoms with van der Waals surface area (Å²) in [5, 5.41) is 7.28. The Morgan fingerprint density at radius 2 is 1.77 bits per heavy atom. The van der Waals surface area contributed by atoms with Gasteiger partial charge in [0.15, 0.2) is 0 Å². The summed E-state index contributed by atoms with van der Waals surface area (Å²) in [5.41, 5.74) is 5.18. The highest BCUT2D eigenvalue weighted by molar-refractivity contribution is 7.86. The fourth-order valence-corrected chi connectivity index (χ4v) is 1.50. The maximum Gasteiger partial charge on any atom is 0.320 e. The van der Waals surface area contributed by atoms with Crippen LogP contribution >= 0.6 is 0 Å². The second-order valence-electron chi connectivity index (χ2n) is 2.94. The molecule has 0 saturated heterocycles. The lowest BCUT2D eigenvalue weighted by atomic mass is 10.00. The van der Waals surface area contributed by atoms with Crippen LogP contribution in [0, 0.1) is 5.92 Å². The van der Waals surface area contributed by atoms with Gasteiger partial charge in [0.1, 0.15) is 6.04 Å². The molecule has 0 aliphatic heterocycles. The molecule has 6 nitrogen and oxygen atoms in total. The smallest absolute Gasteiger partial charge is 0.320 e. The summed E-state index contributed by atoms with van der Waals surface area (Å²) in [6.07, 6.45) is 0. The van der Waals surface area contributed by atoms with Crippen LogP contribution in [-0.4, -0.2) is 35.3 Å². The number of hydrogen-bond acceptors (Lipinski definition) is 4. The molecule has 0 radical (unpaired) electrons. The molecule has 78 valence electrons. The van der Waals surface area contributed by atoms with Gasteiger partial charge in [-0.25, -0.2) is 0 Å². The monoisotopic (exact) mass is 211 g/mol. The van der Waals surface area contributed by atoms with Crippen LogP contribution in [-0.2, 0) is 14.9 Å². The predicted molar refractivity (Wildman–Crippen MR) is 45.8 cm³/mol. The van der Waals surface area contributed by atoms with Crippen LogP contribution in [0.1, 0.15) is 13.8 Å². The molecule has 0 aromatic rings. The van der Waals surface area contributed by atoms with Crippen molar-refractivity contribution in [1.82, 2.24) is 0 Å². The van der Waals surface area contributed by atoms with Crippen LogP contribution in [0.2, 0.25) is 0 Å². The van der Waals surface area contributed by atoms with Gasteiger partial charge >= 0.3 is 5.97 Å². The van der Waals surface area contributed by atoms with E-state index in [1.807, 2.05) is 0 Å². The molecule has 0 spiro atoms. The second-order valence-corrected chi connectivity index (χ2v) is 4.72. The molecule has 0 heterocycles. The molecule has 4 N–H and O–H groups in total. The molecule has 0 fully saturated rings. The Bertz CT molecular complexity index is 285. The average molecular weight is 211 g/mol. The molecule has 0 bridgehead atoms. The molecule has 3 atom stereocenters. The molecule has 0 rings (SSSR count). The predicted octanol–water partition coefficient (Wildman–Crippen LogP) is -0.689. The van der Waals surface area contributed by atoms with Crippen LogP contribution < -0.4 is 5.73 Å². The summed E-state index contributed by atoms with van der Waals surface area (Å²) in [6, 6.07) is -1.29. The number of hydrogen-bond donors (Lipinski definition) is 3. The highest BCUT2D eigenvalue weighted by Gasteiger charge is 2.32. The Morgan fingerprint density at radius 1 is 1.38 bits per heavy atom. The molecule has 0 aliphatic carbocycles. The van der Waals surface area contributed by atoms with E-state index in [9.17, 15) is 13.2 Å². The van der Waals surface area contributed by atoms with Crippen molar-refractivity contribution in [2.45, 2.75) is 25.1 Å². The summed E-state index contributed by atoms with van der Waals surface area (Å²) < 4.78 is 29.8. The Kier molecular flexibility index (Phi) is 3.83. The zero-order valence-electron chi connectivity index (χ0n) is 7.34. The van der Waals surface area contributed by atoms with E-state index < -0.39 is 33.3 Å². The normalized spacial score (nSPS) is 19.1. The van der Waals surface area contributed by atoms with Crippen molar-refractivity contribution in [2.24, 2.45) is 11.7 Å². The third kappa shape index (κ3) is 3.29. The van der Waals surface area contributed by atoms with E-state index in [1.54, 1.807) is 0 Å². The molecule has 0 aliphatic rings. The Labute approximate surface area is 76.5 Å². The molecule has 7 heteroatoms. The van der Waals surface area contributed by atoms with Crippen molar-refractivity contribution in [2.75, 3.05) is 0 Å². The highest BCUT2D eigenvalue weighted by atomic mass is 32.2. The van der Waals surface area contributed by atoms with E-state index in [4.69, 9.17) is 15.4 Å². The fourth-order valence-electron chi connectivity index (χ4n) is 0.788. The number of rotatable bonds is 4. The highest BCUT2D eigenvalue weighted by Crippen LogP contribution is 2.13. The van der Waals surface area contributed by atoms with E-state index in [0.29, 0.717) is 0 Å². The van der Waals surface area contributed by atoms with Crippen LogP contribution in [0.3, 0.4) is 0 Å². The van der Waals surface area contributed by atoms with Gasteiger partial charge in [0.2, 0.25) is 0 Å². The third-order valence-corrected chi connectivity index (χ3v) is 3.43. The van der Waals surface area contributed by atoms with Gasteiger partial charge in [-0.05, 0) is 6.92 Å². The SMILES string of the molecule is CC(C(N)C(=O)O)C(C)S(=O)(=O)O. The summed E-state index contributed by atoms with van der Waals surface area (Å²) in [5.74, 6) is -2.13. The zero-order valence-corrected chi connectivity index (χ0v) is 8.15. The first-order valence-corrected chi connectivity index (χ1v) is 5.13. The van der Waals surface area contributed by atoms with Crippen molar-refractivity contribution < 1.29 is 22.9 Å². The molecule has 13 heavy (non-hydrogen) atoms. The average Bonchev–Trinajstić information content (AvgIpc) is 1.98. The quantitative estimate of drug-likeness (QED) is 0.530. The van der Waals surface area contributed by atoms with Gasteiger partial charge < -0.3 is 10.8 Å². The minimum atomic E-state index is -4.22. The lowest BCUT2D eigenvalue weighted by Gasteiger charge is -2.20. The summed E-state index contributed by atoms with van der Waals surface area (Å²) >= 11 is 0. The van der Waals surface area contributed by atoms with Gasteiger partial charge in [0.25, 0.3) is 10.1 Å². The molecule has 0 saturated carbocycles. The summed E-state index contributed by atoms with van der Waals surface area (Å²) in [7, 11) is -4.22. The largest absolute Gasteiger partial charge is 0.480 e. The Hall–Kier alpha value is -0.660. The first-order chi connectivity index (χ1) is 5.68. The number of aliphatic carboxylic acids is 1. The van der Waals surface area contributed by atoms with Crippen molar-refractivity contribution in [3.8, 4) is 0 Å². The number of carbonyl (C=O) groups is 1. The van der Waals surface area contributed by atoms with E-state index in [-0.39, 0.29) is 0 Å². The third-order valence-electron chi connectivity index (χ3n) is 2.06. The van der Waals surface area contributed by atoms with E-state index >= 15 is 0 Å². The maximum absolute atomic E-state index is 10.6. The minimum absolute atomic E-state index is 0.840. The standard InChI is InChI=1S/C6H13NO5S/c1-3(5(7)6(8)9)4(2)13(10,11)12/h3-5H,7H2,1-2H3,(H,8,9)(H,10,11,12). The molecular formula is C6H13NO5S. The molecule has 3 unspecified atom stereocenters. The van der Waals surface area contributed by atoms with Gasteiger partial charge in [-0.15, -0.1) is 0 Å². The lowest BCUT2D eigenvalue weighted by Crippen LogP contribution is -2.43. The van der Waals surface area contributed by atoms with Gasteiger partial charge in [-0.2, -0.15) is 8.42 Å². The number of carboxylic acids is 1. The van der Waals surface area contributed by atoms with Crippen LogP contribution in [0.15, 0.2) is 0 Å². The zero-order chi connectivity index (χ0) is 10.8. The first-order valence-electron chi connectivity index (χ1n) is 3.62. The van der Waals surface area contributed by atoms with Crippen LogP contribution in [0.5, 0.6) is 0 Å². The number of carboxylic acid groups (broad SMARTS) is 1. The van der Waals surface area contributed by atoms with Crippen LogP contribution in [0.4, 0.5) is 0 Å². The van der Waals surface area contributed by atoms with Gasteiger partial charge in [-0.3, -0.25) is 9.35 Å². The van der Waals surface area contributed by atoms with E-state index in [0.717, 1.165) is 0 Å². The molecular weight excluding hydrogens is 198 g/mol.